The van der Waals surface area contributed by atoms with Gasteiger partial charge >= 0.3 is 0 Å². The van der Waals surface area contributed by atoms with Crippen molar-refractivity contribution >= 4 is 22.5 Å². The van der Waals surface area contributed by atoms with Gasteiger partial charge < -0.3 is 19.6 Å². The Morgan fingerprint density at radius 1 is 1.00 bits per heavy atom. The standard InChI is InChI=1S/C25H23ClFNO3/c26-19-7-6-18(12-24(29)22-15-28-23-14-20(27)8-9-21(22)23)25(13-19)31-11-10-30-16-17-4-2-1-3-5-17/h1-9,13-15,24,28-29H,10-12,16H2. The van der Waals surface area contributed by atoms with E-state index >= 15 is 0 Å². The molecule has 3 aromatic carbocycles. The molecule has 31 heavy (non-hydrogen) atoms. The summed E-state index contributed by atoms with van der Waals surface area (Å²) in [6.07, 6.45) is 1.27. The van der Waals surface area contributed by atoms with Gasteiger partial charge in [0, 0.05) is 34.1 Å². The van der Waals surface area contributed by atoms with Crippen LogP contribution in [-0.4, -0.2) is 23.3 Å². The van der Waals surface area contributed by atoms with Crippen LogP contribution < -0.4 is 4.74 Å². The van der Waals surface area contributed by atoms with Crippen molar-refractivity contribution in [2.24, 2.45) is 0 Å². The molecule has 0 saturated carbocycles. The van der Waals surface area contributed by atoms with Gasteiger partial charge in [0.05, 0.1) is 19.3 Å². The monoisotopic (exact) mass is 439 g/mol. The SMILES string of the molecule is OC(Cc1ccc(Cl)cc1OCCOCc1ccccc1)c1c[nH]c2cc(F)ccc12. The van der Waals surface area contributed by atoms with Gasteiger partial charge in [-0.15, -0.1) is 0 Å². The van der Waals surface area contributed by atoms with Crippen molar-refractivity contribution < 1.29 is 19.0 Å². The van der Waals surface area contributed by atoms with Gasteiger partial charge in [-0.1, -0.05) is 48.0 Å². The van der Waals surface area contributed by atoms with Gasteiger partial charge in [-0.2, -0.15) is 0 Å². The molecule has 1 atom stereocenters. The predicted octanol–water partition coefficient (Wildman–Crippen LogP) is 5.83. The van der Waals surface area contributed by atoms with Gasteiger partial charge in [0.1, 0.15) is 18.2 Å². The zero-order valence-electron chi connectivity index (χ0n) is 16.9. The zero-order chi connectivity index (χ0) is 21.6. The number of aromatic nitrogens is 1. The normalized spacial score (nSPS) is 12.2. The van der Waals surface area contributed by atoms with E-state index in [2.05, 4.69) is 4.98 Å². The van der Waals surface area contributed by atoms with Gasteiger partial charge in [-0.3, -0.25) is 0 Å². The highest BCUT2D eigenvalue weighted by atomic mass is 35.5. The molecule has 4 aromatic rings. The third-order valence-electron chi connectivity index (χ3n) is 5.07. The number of aliphatic hydroxyl groups excluding tert-OH is 1. The average Bonchev–Trinajstić information content (AvgIpc) is 3.19. The molecular formula is C25H23ClFNO3. The topological polar surface area (TPSA) is 54.5 Å². The Hall–Kier alpha value is -2.86. The molecule has 2 N–H and O–H groups in total. The summed E-state index contributed by atoms with van der Waals surface area (Å²) < 4.78 is 25.0. The summed E-state index contributed by atoms with van der Waals surface area (Å²) in [5.41, 5.74) is 3.29. The van der Waals surface area contributed by atoms with Crippen LogP contribution in [0.3, 0.4) is 0 Å². The maximum atomic E-state index is 13.4. The predicted molar refractivity (Wildman–Crippen MR) is 120 cm³/mol. The zero-order valence-corrected chi connectivity index (χ0v) is 17.6. The van der Waals surface area contributed by atoms with E-state index in [1.807, 2.05) is 36.4 Å². The third kappa shape index (κ3) is 5.44. The van der Waals surface area contributed by atoms with Gasteiger partial charge in [0.15, 0.2) is 0 Å². The van der Waals surface area contributed by atoms with Gasteiger partial charge in [-0.05, 0) is 41.5 Å². The lowest BCUT2D eigenvalue weighted by Crippen LogP contribution is -2.09. The van der Waals surface area contributed by atoms with Crippen molar-refractivity contribution in [2.45, 2.75) is 19.1 Å². The fourth-order valence-electron chi connectivity index (χ4n) is 3.52. The first kappa shape index (κ1) is 21.4. The van der Waals surface area contributed by atoms with Crippen LogP contribution in [0, 0.1) is 5.82 Å². The largest absolute Gasteiger partial charge is 0.491 e. The molecule has 0 spiro atoms. The molecule has 0 saturated heterocycles. The number of rotatable bonds is 9. The molecule has 1 unspecified atom stereocenters. The quantitative estimate of drug-likeness (QED) is 0.322. The van der Waals surface area contributed by atoms with Crippen LogP contribution in [0.15, 0.2) is 72.9 Å². The summed E-state index contributed by atoms with van der Waals surface area (Å²) >= 11 is 6.15. The van der Waals surface area contributed by atoms with E-state index in [1.165, 1.54) is 12.1 Å². The Labute approximate surface area is 185 Å². The molecule has 6 heteroatoms. The summed E-state index contributed by atoms with van der Waals surface area (Å²) in [7, 11) is 0. The molecule has 0 amide bonds. The van der Waals surface area contributed by atoms with E-state index in [0.717, 1.165) is 16.5 Å². The first-order chi connectivity index (χ1) is 15.1. The highest BCUT2D eigenvalue weighted by molar-refractivity contribution is 6.30. The number of nitrogens with one attached hydrogen (secondary N) is 1. The molecule has 0 aliphatic rings. The van der Waals surface area contributed by atoms with Crippen LogP contribution in [0.25, 0.3) is 10.9 Å². The van der Waals surface area contributed by atoms with Gasteiger partial charge in [-0.25, -0.2) is 4.39 Å². The van der Waals surface area contributed by atoms with E-state index in [4.69, 9.17) is 21.1 Å². The highest BCUT2D eigenvalue weighted by Crippen LogP contribution is 2.31. The minimum Gasteiger partial charge on any atom is -0.491 e. The first-order valence-corrected chi connectivity index (χ1v) is 10.5. The second kappa shape index (κ2) is 9.96. The summed E-state index contributed by atoms with van der Waals surface area (Å²) in [5.74, 6) is 0.291. The van der Waals surface area contributed by atoms with E-state index in [9.17, 15) is 9.50 Å². The number of hydrogen-bond acceptors (Lipinski definition) is 3. The van der Waals surface area contributed by atoms with E-state index < -0.39 is 6.10 Å². The Bertz CT molecular complexity index is 1150. The molecule has 0 aliphatic heterocycles. The fraction of sp³-hybridized carbons (Fsp3) is 0.200. The second-order valence-electron chi connectivity index (χ2n) is 7.29. The number of H-pyrrole nitrogens is 1. The van der Waals surface area contributed by atoms with Crippen molar-refractivity contribution in [3.8, 4) is 5.75 Å². The second-order valence-corrected chi connectivity index (χ2v) is 7.73. The highest BCUT2D eigenvalue weighted by Gasteiger charge is 2.17. The Morgan fingerprint density at radius 3 is 2.68 bits per heavy atom. The minimum absolute atomic E-state index is 0.321. The number of hydrogen-bond donors (Lipinski definition) is 2. The third-order valence-corrected chi connectivity index (χ3v) is 5.31. The molecule has 1 heterocycles. The molecule has 0 radical (unpaired) electrons. The Kier molecular flexibility index (Phi) is 6.87. The van der Waals surface area contributed by atoms with Crippen LogP contribution in [0.2, 0.25) is 5.02 Å². The number of aliphatic hydroxyl groups is 1. The lowest BCUT2D eigenvalue weighted by Gasteiger charge is -2.15. The number of halogens is 2. The van der Waals surface area contributed by atoms with Crippen molar-refractivity contribution in [1.29, 1.82) is 0 Å². The summed E-state index contributed by atoms with van der Waals surface area (Å²) in [6, 6.07) is 19.8. The maximum Gasteiger partial charge on any atom is 0.125 e. The van der Waals surface area contributed by atoms with Crippen LogP contribution in [0.1, 0.15) is 22.8 Å². The van der Waals surface area contributed by atoms with Crippen molar-refractivity contribution in [3.05, 3.63) is 100 Å². The fourth-order valence-corrected chi connectivity index (χ4v) is 3.68. The molecule has 1 aromatic heterocycles. The van der Waals surface area contributed by atoms with E-state index in [1.54, 1.807) is 24.4 Å². The lowest BCUT2D eigenvalue weighted by atomic mass is 10.00. The number of benzene rings is 3. The first-order valence-electron chi connectivity index (χ1n) is 10.1. The molecule has 0 bridgehead atoms. The molecule has 4 rings (SSSR count). The number of fused-ring (bicyclic) bond motifs is 1. The van der Waals surface area contributed by atoms with Crippen molar-refractivity contribution in [1.82, 2.24) is 4.98 Å². The van der Waals surface area contributed by atoms with Crippen LogP contribution in [-0.2, 0) is 17.8 Å². The minimum atomic E-state index is -0.780. The summed E-state index contributed by atoms with van der Waals surface area (Å²) in [5, 5.41) is 12.2. The number of aromatic amines is 1. The Balaban J connectivity index is 1.39. The summed E-state index contributed by atoms with van der Waals surface area (Å²) in [6.45, 7) is 1.31. The average molecular weight is 440 g/mol. The Morgan fingerprint density at radius 2 is 1.84 bits per heavy atom. The van der Waals surface area contributed by atoms with Crippen molar-refractivity contribution in [3.63, 3.8) is 0 Å². The smallest absolute Gasteiger partial charge is 0.125 e. The molecule has 160 valence electrons. The van der Waals surface area contributed by atoms with Crippen LogP contribution >= 0.6 is 11.6 Å². The van der Waals surface area contributed by atoms with Gasteiger partial charge in [0.25, 0.3) is 0 Å². The van der Waals surface area contributed by atoms with Crippen molar-refractivity contribution in [2.75, 3.05) is 13.2 Å². The van der Waals surface area contributed by atoms with Crippen LogP contribution in [0.4, 0.5) is 4.39 Å². The summed E-state index contributed by atoms with van der Waals surface area (Å²) in [4.78, 5) is 3.01. The molecule has 0 aliphatic carbocycles. The maximum absolute atomic E-state index is 13.4. The number of ether oxygens (including phenoxy) is 2. The van der Waals surface area contributed by atoms with E-state index in [0.29, 0.717) is 48.1 Å². The molecule has 0 fully saturated rings. The van der Waals surface area contributed by atoms with Crippen LogP contribution in [0.5, 0.6) is 5.75 Å². The lowest BCUT2D eigenvalue weighted by molar-refractivity contribution is 0.0882. The molecule has 4 nitrogen and oxygen atoms in total. The molecular weight excluding hydrogens is 417 g/mol. The van der Waals surface area contributed by atoms with E-state index in [-0.39, 0.29) is 5.82 Å². The van der Waals surface area contributed by atoms with Gasteiger partial charge in [0.2, 0.25) is 0 Å².